The molecule has 19 heavy (non-hydrogen) atoms. The first-order valence-corrected chi connectivity index (χ1v) is 6.74. The maximum absolute atomic E-state index is 12.1. The van der Waals surface area contributed by atoms with Crippen LogP contribution in [0.3, 0.4) is 0 Å². The van der Waals surface area contributed by atoms with Gasteiger partial charge in [0.15, 0.2) is 0 Å². The zero-order valence-electron chi connectivity index (χ0n) is 12.2. The van der Waals surface area contributed by atoms with Crippen molar-refractivity contribution in [2.24, 2.45) is 0 Å². The molecule has 3 heteroatoms. The van der Waals surface area contributed by atoms with Crippen LogP contribution in [0.15, 0.2) is 18.2 Å². The number of carbonyl (C=O) groups is 1. The summed E-state index contributed by atoms with van der Waals surface area (Å²) in [6.45, 7) is 7.85. The highest BCUT2D eigenvalue weighted by Gasteiger charge is 2.27. The molecule has 1 aromatic carbocycles. The Kier molecular flexibility index (Phi) is 5.11. The summed E-state index contributed by atoms with van der Waals surface area (Å²) in [5, 5.41) is 12.1. The van der Waals surface area contributed by atoms with Crippen molar-refractivity contribution >= 4 is 5.91 Å². The van der Waals surface area contributed by atoms with Crippen molar-refractivity contribution in [2.75, 3.05) is 0 Å². The molecule has 0 radical (unpaired) electrons. The Morgan fingerprint density at radius 3 is 2.47 bits per heavy atom. The van der Waals surface area contributed by atoms with Gasteiger partial charge in [-0.2, -0.15) is 5.26 Å². The molecule has 1 aromatic rings. The Hall–Kier alpha value is -1.82. The minimum absolute atomic E-state index is 0.0843. The predicted octanol–water partition coefficient (Wildman–Crippen LogP) is 3.04. The van der Waals surface area contributed by atoms with Crippen molar-refractivity contribution in [3.63, 3.8) is 0 Å². The predicted molar refractivity (Wildman–Crippen MR) is 76.7 cm³/mol. The largest absolute Gasteiger partial charge is 0.338 e. The first-order valence-electron chi connectivity index (χ1n) is 6.74. The van der Waals surface area contributed by atoms with E-state index in [0.717, 1.165) is 16.7 Å². The van der Waals surface area contributed by atoms with Crippen molar-refractivity contribution in [1.82, 2.24) is 5.32 Å². The quantitative estimate of drug-likeness (QED) is 0.882. The lowest BCUT2D eigenvalue weighted by atomic mass is 9.94. The van der Waals surface area contributed by atoms with E-state index in [2.05, 4.69) is 11.4 Å². The fourth-order valence-corrected chi connectivity index (χ4v) is 2.09. The minimum Gasteiger partial charge on any atom is -0.338 e. The summed E-state index contributed by atoms with van der Waals surface area (Å²) in [4.78, 5) is 12.1. The van der Waals surface area contributed by atoms with Crippen molar-refractivity contribution in [3.8, 4) is 6.07 Å². The van der Waals surface area contributed by atoms with E-state index in [9.17, 15) is 10.1 Å². The van der Waals surface area contributed by atoms with Crippen molar-refractivity contribution in [1.29, 1.82) is 5.26 Å². The van der Waals surface area contributed by atoms with Gasteiger partial charge in [-0.3, -0.25) is 4.79 Å². The number of nitriles is 1. The summed E-state index contributed by atoms with van der Waals surface area (Å²) in [6, 6.07) is 8.31. The summed E-state index contributed by atoms with van der Waals surface area (Å²) in [5.41, 5.74) is 2.55. The standard InChI is InChI=1S/C16H22N2O/c1-5-16(6-2,11-17)18-15(19)10-14-9-12(3)7-8-13(14)4/h7-9H,5-6,10H2,1-4H3,(H,18,19). The summed E-state index contributed by atoms with van der Waals surface area (Å²) < 4.78 is 0. The van der Waals surface area contributed by atoms with Crippen LogP contribution in [-0.2, 0) is 11.2 Å². The average Bonchev–Trinajstić information content (AvgIpc) is 2.40. The molecule has 0 aliphatic rings. The molecule has 1 rings (SSSR count). The van der Waals surface area contributed by atoms with Crippen LogP contribution in [0.25, 0.3) is 0 Å². The van der Waals surface area contributed by atoms with Crippen LogP contribution in [0.4, 0.5) is 0 Å². The third kappa shape index (κ3) is 3.82. The second-order valence-electron chi connectivity index (χ2n) is 5.06. The number of hydrogen-bond donors (Lipinski definition) is 1. The van der Waals surface area contributed by atoms with Crippen molar-refractivity contribution in [3.05, 3.63) is 34.9 Å². The van der Waals surface area contributed by atoms with Crippen molar-refractivity contribution < 1.29 is 4.79 Å². The van der Waals surface area contributed by atoms with E-state index in [4.69, 9.17) is 0 Å². The van der Waals surface area contributed by atoms with Gasteiger partial charge in [0.2, 0.25) is 5.91 Å². The van der Waals surface area contributed by atoms with E-state index < -0.39 is 5.54 Å². The average molecular weight is 258 g/mol. The zero-order chi connectivity index (χ0) is 14.5. The number of amides is 1. The van der Waals surface area contributed by atoms with Gasteiger partial charge in [-0.15, -0.1) is 0 Å². The lowest BCUT2D eigenvalue weighted by Gasteiger charge is -2.25. The summed E-state index contributed by atoms with van der Waals surface area (Å²) in [7, 11) is 0. The molecule has 1 N–H and O–H groups in total. The maximum Gasteiger partial charge on any atom is 0.225 e. The molecule has 0 saturated carbocycles. The fraction of sp³-hybridized carbons (Fsp3) is 0.500. The highest BCUT2D eigenvalue weighted by atomic mass is 16.1. The molecular formula is C16H22N2O. The van der Waals surface area contributed by atoms with Crippen LogP contribution in [0.2, 0.25) is 0 Å². The Labute approximate surface area is 115 Å². The molecule has 0 heterocycles. The zero-order valence-corrected chi connectivity index (χ0v) is 12.2. The van der Waals surface area contributed by atoms with Crippen molar-refractivity contribution in [2.45, 2.75) is 52.5 Å². The third-order valence-electron chi connectivity index (χ3n) is 3.66. The molecule has 0 unspecified atom stereocenters. The van der Waals surface area contributed by atoms with E-state index in [0.29, 0.717) is 19.3 Å². The van der Waals surface area contributed by atoms with Gasteiger partial charge in [0, 0.05) is 0 Å². The Morgan fingerprint density at radius 2 is 1.95 bits per heavy atom. The van der Waals surface area contributed by atoms with Crippen LogP contribution in [0.1, 0.15) is 43.4 Å². The van der Waals surface area contributed by atoms with Gasteiger partial charge in [0.1, 0.15) is 5.54 Å². The summed E-state index contributed by atoms with van der Waals surface area (Å²) in [5.74, 6) is -0.0843. The monoisotopic (exact) mass is 258 g/mol. The Morgan fingerprint density at radius 1 is 1.32 bits per heavy atom. The fourth-order valence-electron chi connectivity index (χ4n) is 2.09. The Balaban J connectivity index is 2.81. The van der Waals surface area contributed by atoms with Gasteiger partial charge < -0.3 is 5.32 Å². The van der Waals surface area contributed by atoms with Crippen LogP contribution in [0.5, 0.6) is 0 Å². The first kappa shape index (κ1) is 15.2. The molecule has 1 amide bonds. The topological polar surface area (TPSA) is 52.9 Å². The van der Waals surface area contributed by atoms with E-state index in [1.165, 1.54) is 0 Å². The summed E-state index contributed by atoms with van der Waals surface area (Å²) >= 11 is 0. The van der Waals surface area contributed by atoms with Gasteiger partial charge >= 0.3 is 0 Å². The second-order valence-corrected chi connectivity index (χ2v) is 5.06. The molecule has 0 spiro atoms. The number of nitrogens with zero attached hydrogens (tertiary/aromatic N) is 1. The van der Waals surface area contributed by atoms with E-state index in [1.807, 2.05) is 45.9 Å². The van der Waals surface area contributed by atoms with Crippen LogP contribution < -0.4 is 5.32 Å². The molecule has 0 aromatic heterocycles. The smallest absolute Gasteiger partial charge is 0.225 e. The molecule has 0 bridgehead atoms. The lowest BCUT2D eigenvalue weighted by molar-refractivity contribution is -0.121. The van der Waals surface area contributed by atoms with Gasteiger partial charge in [-0.25, -0.2) is 0 Å². The molecule has 0 aliphatic heterocycles. The van der Waals surface area contributed by atoms with Crippen LogP contribution in [-0.4, -0.2) is 11.4 Å². The molecule has 0 atom stereocenters. The number of rotatable bonds is 5. The highest BCUT2D eigenvalue weighted by molar-refractivity contribution is 5.80. The van der Waals surface area contributed by atoms with E-state index in [1.54, 1.807) is 0 Å². The molecular weight excluding hydrogens is 236 g/mol. The summed E-state index contributed by atoms with van der Waals surface area (Å²) in [6.07, 6.45) is 1.58. The maximum atomic E-state index is 12.1. The normalized spacial score (nSPS) is 10.9. The number of benzene rings is 1. The number of carbonyl (C=O) groups excluding carboxylic acids is 1. The van der Waals surface area contributed by atoms with E-state index >= 15 is 0 Å². The van der Waals surface area contributed by atoms with Gasteiger partial charge in [0.05, 0.1) is 12.5 Å². The molecule has 3 nitrogen and oxygen atoms in total. The molecule has 0 fully saturated rings. The number of hydrogen-bond acceptors (Lipinski definition) is 2. The number of aryl methyl sites for hydroxylation is 2. The molecule has 0 saturated heterocycles. The van der Waals surface area contributed by atoms with Gasteiger partial charge in [-0.05, 0) is 37.8 Å². The lowest BCUT2D eigenvalue weighted by Crippen LogP contribution is -2.47. The van der Waals surface area contributed by atoms with Gasteiger partial charge in [0.25, 0.3) is 0 Å². The molecule has 0 aliphatic carbocycles. The number of nitrogens with one attached hydrogen (secondary N) is 1. The minimum atomic E-state index is -0.727. The Bertz CT molecular complexity index is 496. The first-order chi connectivity index (χ1) is 8.96. The molecule has 102 valence electrons. The second kappa shape index (κ2) is 6.38. The third-order valence-corrected chi connectivity index (χ3v) is 3.66. The SMILES string of the molecule is CCC(C#N)(CC)NC(=O)Cc1cc(C)ccc1C. The van der Waals surface area contributed by atoms with Crippen LogP contribution in [0, 0.1) is 25.2 Å². The van der Waals surface area contributed by atoms with Crippen LogP contribution >= 0.6 is 0 Å². The van der Waals surface area contributed by atoms with Gasteiger partial charge in [-0.1, -0.05) is 37.6 Å². The highest BCUT2D eigenvalue weighted by Crippen LogP contribution is 2.15. The van der Waals surface area contributed by atoms with E-state index in [-0.39, 0.29) is 5.91 Å².